The van der Waals surface area contributed by atoms with Crippen molar-refractivity contribution in [2.24, 2.45) is 5.92 Å². The molecule has 1 fully saturated rings. The van der Waals surface area contributed by atoms with Crippen LogP contribution in [0.1, 0.15) is 51.2 Å². The first kappa shape index (κ1) is 15.5. The molecule has 1 aromatic carbocycles. The lowest BCUT2D eigenvalue weighted by atomic mass is 10.1. The summed E-state index contributed by atoms with van der Waals surface area (Å²) in [6.07, 6.45) is 4.13. The van der Waals surface area contributed by atoms with Gasteiger partial charge in [-0.1, -0.05) is 45.0 Å². The maximum Gasteiger partial charge on any atom is 0.0237 e. The molecule has 0 unspecified atom stereocenters. The average molecular weight is 274 g/mol. The van der Waals surface area contributed by atoms with Crippen LogP contribution in [-0.4, -0.2) is 24.0 Å². The quantitative estimate of drug-likeness (QED) is 0.736. The highest BCUT2D eigenvalue weighted by molar-refractivity contribution is 5.27. The van der Waals surface area contributed by atoms with Gasteiger partial charge in [0, 0.05) is 25.7 Å². The molecule has 0 radical (unpaired) electrons. The zero-order chi connectivity index (χ0) is 14.4. The molecule has 0 atom stereocenters. The van der Waals surface area contributed by atoms with E-state index in [-0.39, 0.29) is 0 Å². The van der Waals surface area contributed by atoms with E-state index in [1.807, 2.05) is 0 Å². The normalized spacial score (nSPS) is 15.2. The first-order valence-corrected chi connectivity index (χ1v) is 8.21. The highest BCUT2D eigenvalue weighted by Gasteiger charge is 2.24. The summed E-state index contributed by atoms with van der Waals surface area (Å²) >= 11 is 0. The Balaban J connectivity index is 1.97. The fourth-order valence-corrected chi connectivity index (χ4v) is 2.66. The van der Waals surface area contributed by atoms with E-state index >= 15 is 0 Å². The number of benzene rings is 1. The second-order valence-corrected chi connectivity index (χ2v) is 6.48. The van der Waals surface area contributed by atoms with Crippen molar-refractivity contribution in [2.75, 3.05) is 13.1 Å². The first-order chi connectivity index (χ1) is 9.69. The van der Waals surface area contributed by atoms with E-state index in [4.69, 9.17) is 0 Å². The van der Waals surface area contributed by atoms with Crippen LogP contribution >= 0.6 is 0 Å². The molecule has 0 saturated heterocycles. The summed E-state index contributed by atoms with van der Waals surface area (Å²) in [5.74, 6) is 0.975. The summed E-state index contributed by atoms with van der Waals surface area (Å²) in [5, 5.41) is 3.54. The standard InChI is InChI=1S/C18H30N2/c1-4-11-20(13-16-9-10-16)14-18-8-6-5-7-17(18)12-19-15(2)3/h5-8,15-16,19H,4,9-14H2,1-3H3. The van der Waals surface area contributed by atoms with Crippen molar-refractivity contribution in [3.8, 4) is 0 Å². The van der Waals surface area contributed by atoms with Crippen LogP contribution in [0.3, 0.4) is 0 Å². The molecule has 2 rings (SSSR count). The van der Waals surface area contributed by atoms with E-state index in [1.54, 1.807) is 0 Å². The predicted octanol–water partition coefficient (Wildman–Crippen LogP) is 3.81. The van der Waals surface area contributed by atoms with Gasteiger partial charge in [-0.15, -0.1) is 0 Å². The van der Waals surface area contributed by atoms with Crippen LogP contribution in [0, 0.1) is 5.92 Å². The van der Waals surface area contributed by atoms with E-state index in [0.717, 1.165) is 19.0 Å². The Kier molecular flexibility index (Phi) is 6.06. The van der Waals surface area contributed by atoms with Crippen molar-refractivity contribution < 1.29 is 0 Å². The number of hydrogen-bond donors (Lipinski definition) is 1. The van der Waals surface area contributed by atoms with Crippen molar-refractivity contribution in [2.45, 2.75) is 59.2 Å². The average Bonchev–Trinajstić information content (AvgIpc) is 3.22. The zero-order valence-electron chi connectivity index (χ0n) is 13.4. The number of nitrogens with one attached hydrogen (secondary N) is 1. The molecule has 0 bridgehead atoms. The lowest BCUT2D eigenvalue weighted by Gasteiger charge is -2.23. The SMILES string of the molecule is CCCN(Cc1ccccc1CNC(C)C)CC1CC1. The molecule has 2 heteroatoms. The second kappa shape index (κ2) is 7.80. The molecule has 1 aliphatic carbocycles. The minimum absolute atomic E-state index is 0.543. The molecule has 1 saturated carbocycles. The van der Waals surface area contributed by atoms with Crippen molar-refractivity contribution >= 4 is 0 Å². The Labute approximate surface area is 124 Å². The molecule has 0 spiro atoms. The van der Waals surface area contributed by atoms with E-state index in [9.17, 15) is 0 Å². The van der Waals surface area contributed by atoms with Crippen molar-refractivity contribution in [3.05, 3.63) is 35.4 Å². The lowest BCUT2D eigenvalue weighted by Crippen LogP contribution is -2.28. The van der Waals surface area contributed by atoms with Crippen LogP contribution in [-0.2, 0) is 13.1 Å². The fraction of sp³-hybridized carbons (Fsp3) is 0.667. The van der Waals surface area contributed by atoms with Gasteiger partial charge >= 0.3 is 0 Å². The van der Waals surface area contributed by atoms with Crippen molar-refractivity contribution in [3.63, 3.8) is 0 Å². The van der Waals surface area contributed by atoms with Gasteiger partial charge in [0.25, 0.3) is 0 Å². The Bertz CT molecular complexity index is 396. The maximum absolute atomic E-state index is 3.54. The van der Waals surface area contributed by atoms with E-state index in [2.05, 4.69) is 55.3 Å². The van der Waals surface area contributed by atoms with Crippen LogP contribution in [0.25, 0.3) is 0 Å². The highest BCUT2D eigenvalue weighted by Crippen LogP contribution is 2.30. The molecule has 0 aliphatic heterocycles. The Hall–Kier alpha value is -0.860. The molecule has 20 heavy (non-hydrogen) atoms. The van der Waals surface area contributed by atoms with Gasteiger partial charge in [-0.25, -0.2) is 0 Å². The van der Waals surface area contributed by atoms with Crippen molar-refractivity contribution in [1.29, 1.82) is 0 Å². The lowest BCUT2D eigenvalue weighted by molar-refractivity contribution is 0.254. The van der Waals surface area contributed by atoms with Crippen molar-refractivity contribution in [1.82, 2.24) is 10.2 Å². The molecule has 0 amide bonds. The van der Waals surface area contributed by atoms with E-state index in [1.165, 1.54) is 43.5 Å². The topological polar surface area (TPSA) is 15.3 Å². The molecule has 1 aromatic rings. The maximum atomic E-state index is 3.54. The van der Waals surface area contributed by atoms with Crippen LogP contribution in [0.5, 0.6) is 0 Å². The number of rotatable bonds is 9. The molecule has 112 valence electrons. The third kappa shape index (κ3) is 5.26. The Morgan fingerprint density at radius 1 is 1.20 bits per heavy atom. The Morgan fingerprint density at radius 3 is 2.50 bits per heavy atom. The molecule has 2 nitrogen and oxygen atoms in total. The fourth-order valence-electron chi connectivity index (χ4n) is 2.66. The molecular weight excluding hydrogens is 244 g/mol. The minimum atomic E-state index is 0.543. The van der Waals surface area contributed by atoms with Gasteiger partial charge in [0.15, 0.2) is 0 Å². The Morgan fingerprint density at radius 2 is 1.90 bits per heavy atom. The summed E-state index contributed by atoms with van der Waals surface area (Å²) in [6, 6.07) is 9.45. The molecule has 1 N–H and O–H groups in total. The summed E-state index contributed by atoms with van der Waals surface area (Å²) in [4.78, 5) is 2.64. The molecular formula is C18H30N2. The third-order valence-corrected chi connectivity index (χ3v) is 3.97. The van der Waals surface area contributed by atoms with Gasteiger partial charge in [-0.05, 0) is 42.9 Å². The summed E-state index contributed by atoms with van der Waals surface area (Å²) < 4.78 is 0. The van der Waals surface area contributed by atoms with Gasteiger partial charge in [0.2, 0.25) is 0 Å². The molecule has 0 aromatic heterocycles. The third-order valence-electron chi connectivity index (χ3n) is 3.97. The highest BCUT2D eigenvalue weighted by atomic mass is 15.1. The van der Waals surface area contributed by atoms with Gasteiger partial charge in [-0.2, -0.15) is 0 Å². The van der Waals surface area contributed by atoms with Gasteiger partial charge in [0.1, 0.15) is 0 Å². The first-order valence-electron chi connectivity index (χ1n) is 8.21. The summed E-state index contributed by atoms with van der Waals surface area (Å²) in [6.45, 7) is 11.3. The molecule has 0 heterocycles. The van der Waals surface area contributed by atoms with E-state index in [0.29, 0.717) is 6.04 Å². The second-order valence-electron chi connectivity index (χ2n) is 6.48. The number of hydrogen-bond acceptors (Lipinski definition) is 2. The molecule has 1 aliphatic rings. The van der Waals surface area contributed by atoms with Gasteiger partial charge in [0.05, 0.1) is 0 Å². The smallest absolute Gasteiger partial charge is 0.0237 e. The van der Waals surface area contributed by atoms with Gasteiger partial charge < -0.3 is 5.32 Å². The summed E-state index contributed by atoms with van der Waals surface area (Å²) in [7, 11) is 0. The monoisotopic (exact) mass is 274 g/mol. The predicted molar refractivity (Wildman–Crippen MR) is 86.7 cm³/mol. The minimum Gasteiger partial charge on any atom is -0.310 e. The summed E-state index contributed by atoms with van der Waals surface area (Å²) in [5.41, 5.74) is 2.95. The van der Waals surface area contributed by atoms with Gasteiger partial charge in [-0.3, -0.25) is 4.90 Å². The van der Waals surface area contributed by atoms with E-state index < -0.39 is 0 Å². The van der Waals surface area contributed by atoms with Crippen LogP contribution in [0.15, 0.2) is 24.3 Å². The largest absolute Gasteiger partial charge is 0.310 e. The van der Waals surface area contributed by atoms with Crippen LogP contribution < -0.4 is 5.32 Å². The zero-order valence-corrected chi connectivity index (χ0v) is 13.4. The van der Waals surface area contributed by atoms with Crippen LogP contribution in [0.2, 0.25) is 0 Å². The number of nitrogens with zero attached hydrogens (tertiary/aromatic N) is 1. The van der Waals surface area contributed by atoms with Crippen LogP contribution in [0.4, 0.5) is 0 Å².